The highest BCUT2D eigenvalue weighted by Crippen LogP contribution is 2.08. The van der Waals surface area contributed by atoms with Crippen molar-refractivity contribution in [3.63, 3.8) is 0 Å². The van der Waals surface area contributed by atoms with Crippen molar-refractivity contribution in [2.45, 2.75) is 13.1 Å². The second kappa shape index (κ2) is 5.99. The van der Waals surface area contributed by atoms with Crippen LogP contribution < -0.4 is 5.32 Å². The summed E-state index contributed by atoms with van der Waals surface area (Å²) < 4.78 is 1.54. The standard InChI is InChI=1S/C14H14N4O2/c1-18-13(12(8-17-18)14(19)20)9-16-7-11-4-2-3-10(5-11)6-15/h2-5,8,16H,7,9H2,1H3,(H,19,20). The lowest BCUT2D eigenvalue weighted by molar-refractivity contribution is 0.0695. The minimum Gasteiger partial charge on any atom is -0.478 e. The molecule has 0 amide bonds. The third-order valence-corrected chi connectivity index (χ3v) is 2.97. The molecule has 6 nitrogen and oxygen atoms in total. The van der Waals surface area contributed by atoms with E-state index in [4.69, 9.17) is 10.4 Å². The van der Waals surface area contributed by atoms with E-state index in [0.717, 1.165) is 5.56 Å². The average molecular weight is 270 g/mol. The molecule has 0 aliphatic rings. The highest BCUT2D eigenvalue weighted by Gasteiger charge is 2.14. The molecule has 0 saturated carbocycles. The minimum atomic E-state index is -0.985. The zero-order valence-electron chi connectivity index (χ0n) is 11.0. The van der Waals surface area contributed by atoms with Crippen molar-refractivity contribution in [1.29, 1.82) is 5.26 Å². The van der Waals surface area contributed by atoms with Crippen LogP contribution in [0.4, 0.5) is 0 Å². The van der Waals surface area contributed by atoms with E-state index in [1.165, 1.54) is 6.20 Å². The van der Waals surface area contributed by atoms with E-state index in [9.17, 15) is 4.79 Å². The number of benzene rings is 1. The Morgan fingerprint density at radius 2 is 2.30 bits per heavy atom. The maximum atomic E-state index is 11.0. The predicted molar refractivity (Wildman–Crippen MR) is 71.9 cm³/mol. The lowest BCUT2D eigenvalue weighted by atomic mass is 10.1. The highest BCUT2D eigenvalue weighted by molar-refractivity contribution is 5.88. The van der Waals surface area contributed by atoms with Crippen LogP contribution in [0.15, 0.2) is 30.5 Å². The van der Waals surface area contributed by atoms with Gasteiger partial charge in [-0.25, -0.2) is 4.79 Å². The van der Waals surface area contributed by atoms with Crippen LogP contribution in [-0.4, -0.2) is 20.9 Å². The fourth-order valence-corrected chi connectivity index (χ4v) is 1.93. The quantitative estimate of drug-likeness (QED) is 0.854. The Morgan fingerprint density at radius 3 is 3.00 bits per heavy atom. The van der Waals surface area contributed by atoms with Crippen molar-refractivity contribution in [1.82, 2.24) is 15.1 Å². The molecule has 2 N–H and O–H groups in total. The van der Waals surface area contributed by atoms with Crippen molar-refractivity contribution in [2.75, 3.05) is 0 Å². The number of carboxylic acid groups (broad SMARTS) is 1. The molecule has 0 radical (unpaired) electrons. The molecule has 0 aliphatic carbocycles. The van der Waals surface area contributed by atoms with Crippen LogP contribution in [0.1, 0.15) is 27.2 Å². The van der Waals surface area contributed by atoms with Gasteiger partial charge in [0.25, 0.3) is 0 Å². The molecule has 0 unspecified atom stereocenters. The van der Waals surface area contributed by atoms with Crippen molar-refractivity contribution in [2.24, 2.45) is 7.05 Å². The van der Waals surface area contributed by atoms with E-state index in [-0.39, 0.29) is 5.56 Å². The Morgan fingerprint density at radius 1 is 1.50 bits per heavy atom. The molecule has 20 heavy (non-hydrogen) atoms. The number of rotatable bonds is 5. The van der Waals surface area contributed by atoms with E-state index in [1.807, 2.05) is 12.1 Å². The molecule has 2 rings (SSSR count). The summed E-state index contributed by atoms with van der Waals surface area (Å²) in [6.07, 6.45) is 1.34. The summed E-state index contributed by atoms with van der Waals surface area (Å²) in [5.74, 6) is -0.985. The average Bonchev–Trinajstić information content (AvgIpc) is 2.81. The van der Waals surface area contributed by atoms with Gasteiger partial charge in [-0.2, -0.15) is 10.4 Å². The summed E-state index contributed by atoms with van der Waals surface area (Å²) in [5.41, 5.74) is 2.40. The SMILES string of the molecule is Cn1ncc(C(=O)O)c1CNCc1cccc(C#N)c1. The molecule has 1 heterocycles. The van der Waals surface area contributed by atoms with Crippen LogP contribution in [0.2, 0.25) is 0 Å². The second-order valence-electron chi connectivity index (χ2n) is 4.35. The van der Waals surface area contributed by atoms with Gasteiger partial charge >= 0.3 is 5.97 Å². The molecule has 0 saturated heterocycles. The Hall–Kier alpha value is -2.65. The van der Waals surface area contributed by atoms with Gasteiger partial charge in [0.1, 0.15) is 5.56 Å². The summed E-state index contributed by atoms with van der Waals surface area (Å²) in [5, 5.41) is 25.0. The number of aryl methyl sites for hydroxylation is 1. The van der Waals surface area contributed by atoms with E-state index >= 15 is 0 Å². The van der Waals surface area contributed by atoms with Crippen LogP contribution in [0, 0.1) is 11.3 Å². The van der Waals surface area contributed by atoms with E-state index in [1.54, 1.807) is 23.9 Å². The first-order chi connectivity index (χ1) is 9.61. The summed E-state index contributed by atoms with van der Waals surface area (Å²) >= 11 is 0. The molecule has 1 aromatic carbocycles. The molecule has 0 bridgehead atoms. The first-order valence-electron chi connectivity index (χ1n) is 6.05. The van der Waals surface area contributed by atoms with Crippen molar-refractivity contribution < 1.29 is 9.90 Å². The van der Waals surface area contributed by atoms with Crippen LogP contribution >= 0.6 is 0 Å². The first-order valence-corrected chi connectivity index (χ1v) is 6.05. The topological polar surface area (TPSA) is 90.9 Å². The maximum absolute atomic E-state index is 11.0. The van der Waals surface area contributed by atoms with Gasteiger partial charge in [0, 0.05) is 20.1 Å². The lowest BCUT2D eigenvalue weighted by Crippen LogP contribution is -2.17. The first kappa shape index (κ1) is 13.8. The van der Waals surface area contributed by atoms with Crippen LogP contribution in [0.5, 0.6) is 0 Å². The summed E-state index contributed by atoms with van der Waals surface area (Å²) in [4.78, 5) is 11.0. The Balaban J connectivity index is 2.01. The van der Waals surface area contributed by atoms with Gasteiger partial charge in [0.05, 0.1) is 23.5 Å². The Labute approximate surface area is 116 Å². The summed E-state index contributed by atoms with van der Waals surface area (Å²) in [6.45, 7) is 0.953. The number of hydrogen-bond acceptors (Lipinski definition) is 4. The molecule has 0 atom stereocenters. The number of nitriles is 1. The number of carbonyl (C=O) groups is 1. The second-order valence-corrected chi connectivity index (χ2v) is 4.35. The fourth-order valence-electron chi connectivity index (χ4n) is 1.93. The monoisotopic (exact) mass is 270 g/mol. The predicted octanol–water partition coefficient (Wildman–Crippen LogP) is 1.28. The third kappa shape index (κ3) is 3.02. The zero-order chi connectivity index (χ0) is 14.5. The fraction of sp³-hybridized carbons (Fsp3) is 0.214. The summed E-state index contributed by atoms with van der Waals surface area (Å²) in [6, 6.07) is 9.36. The van der Waals surface area contributed by atoms with Crippen LogP contribution in [0.25, 0.3) is 0 Å². The van der Waals surface area contributed by atoms with Crippen LogP contribution in [-0.2, 0) is 20.1 Å². The summed E-state index contributed by atoms with van der Waals surface area (Å²) in [7, 11) is 1.71. The molecule has 2 aromatic rings. The van der Waals surface area contributed by atoms with Crippen LogP contribution in [0.3, 0.4) is 0 Å². The normalized spacial score (nSPS) is 10.2. The molecule has 1 aromatic heterocycles. The van der Waals surface area contributed by atoms with Gasteiger partial charge in [-0.3, -0.25) is 4.68 Å². The number of nitrogens with zero attached hydrogens (tertiary/aromatic N) is 3. The Kier molecular flexibility index (Phi) is 4.13. The minimum absolute atomic E-state index is 0.200. The van der Waals surface area contributed by atoms with Gasteiger partial charge in [0.2, 0.25) is 0 Å². The number of aromatic carboxylic acids is 1. The van der Waals surface area contributed by atoms with E-state index in [0.29, 0.717) is 24.3 Å². The number of aromatic nitrogens is 2. The largest absolute Gasteiger partial charge is 0.478 e. The number of nitrogens with one attached hydrogen (secondary N) is 1. The Bertz CT molecular complexity index is 670. The number of carboxylic acids is 1. The molecular formula is C14H14N4O2. The molecule has 0 aliphatic heterocycles. The van der Waals surface area contributed by atoms with E-state index < -0.39 is 5.97 Å². The molecule has 102 valence electrons. The van der Waals surface area contributed by atoms with Crippen molar-refractivity contribution >= 4 is 5.97 Å². The lowest BCUT2D eigenvalue weighted by Gasteiger charge is -2.07. The van der Waals surface area contributed by atoms with Gasteiger partial charge in [-0.05, 0) is 17.7 Å². The molecule has 6 heteroatoms. The smallest absolute Gasteiger partial charge is 0.339 e. The molecular weight excluding hydrogens is 256 g/mol. The van der Waals surface area contributed by atoms with Crippen molar-refractivity contribution in [3.05, 3.63) is 52.8 Å². The number of hydrogen-bond donors (Lipinski definition) is 2. The zero-order valence-corrected chi connectivity index (χ0v) is 11.0. The van der Waals surface area contributed by atoms with Gasteiger partial charge in [-0.1, -0.05) is 12.1 Å². The molecule has 0 spiro atoms. The van der Waals surface area contributed by atoms with Gasteiger partial charge in [0.15, 0.2) is 0 Å². The highest BCUT2D eigenvalue weighted by atomic mass is 16.4. The van der Waals surface area contributed by atoms with Crippen molar-refractivity contribution in [3.8, 4) is 6.07 Å². The van der Waals surface area contributed by atoms with Gasteiger partial charge in [-0.15, -0.1) is 0 Å². The van der Waals surface area contributed by atoms with E-state index in [2.05, 4.69) is 16.5 Å². The third-order valence-electron chi connectivity index (χ3n) is 2.97. The molecule has 0 fully saturated rings. The maximum Gasteiger partial charge on any atom is 0.339 e. The van der Waals surface area contributed by atoms with Gasteiger partial charge < -0.3 is 10.4 Å².